The van der Waals surface area contributed by atoms with Gasteiger partial charge in [0.25, 0.3) is 5.91 Å². The second-order valence-corrected chi connectivity index (χ2v) is 7.75. The Bertz CT molecular complexity index is 855. The number of amides is 2. The van der Waals surface area contributed by atoms with Gasteiger partial charge in [0.15, 0.2) is 0 Å². The molecule has 0 radical (unpaired) electrons. The number of fused-ring (bicyclic) bond motifs is 1. The number of nitrogens with one attached hydrogen (secondary N) is 2. The first-order valence-corrected chi connectivity index (χ1v) is 9.11. The minimum Gasteiger partial charge on any atom is -0.379 e. The van der Waals surface area contributed by atoms with E-state index in [0.29, 0.717) is 29.3 Å². The molecule has 0 unspecified atom stereocenters. The Hall–Kier alpha value is -2.57. The number of aromatic nitrogens is 2. The van der Waals surface area contributed by atoms with Crippen molar-refractivity contribution in [2.45, 2.75) is 53.0 Å². The summed E-state index contributed by atoms with van der Waals surface area (Å²) in [5, 5.41) is 10.7. The van der Waals surface area contributed by atoms with Gasteiger partial charge >= 0.3 is 0 Å². The third-order valence-electron chi connectivity index (χ3n) is 5.88. The molecule has 2 heterocycles. The van der Waals surface area contributed by atoms with Gasteiger partial charge in [0.05, 0.1) is 34.8 Å². The first kappa shape index (κ1) is 18.2. The highest BCUT2D eigenvalue weighted by Gasteiger charge is 2.41. The number of carbonyl (C=O) groups excluding carboxylic acids is 2. The lowest BCUT2D eigenvalue weighted by Gasteiger charge is -2.33. The predicted molar refractivity (Wildman–Crippen MR) is 102 cm³/mol. The third kappa shape index (κ3) is 3.13. The lowest BCUT2D eigenvalue weighted by atomic mass is 9.80. The normalized spacial score (nSPS) is 21.7. The fourth-order valence-corrected chi connectivity index (χ4v) is 3.65. The standard InChI is InChI=1S/C19H27N5O2/c1-5-16(25)22-12-8-14-17(13(18(20)26)9-21-24(14)10-12)23-15-7-6-11(2)19(15,3)4/h8-11,15,23H,5-7H2,1-4H3,(H2,20,26)(H,22,25)/t11-,15+/m0/s1. The van der Waals surface area contributed by atoms with Crippen LogP contribution in [0.3, 0.4) is 0 Å². The second-order valence-electron chi connectivity index (χ2n) is 7.75. The van der Waals surface area contributed by atoms with Crippen molar-refractivity contribution < 1.29 is 9.59 Å². The minimum absolute atomic E-state index is 0.0729. The molecule has 1 fully saturated rings. The highest BCUT2D eigenvalue weighted by Crippen LogP contribution is 2.44. The molecule has 0 bridgehead atoms. The number of rotatable bonds is 5. The maximum Gasteiger partial charge on any atom is 0.252 e. The molecule has 4 N–H and O–H groups in total. The molecule has 140 valence electrons. The Morgan fingerprint density at radius 3 is 2.69 bits per heavy atom. The van der Waals surface area contributed by atoms with Crippen LogP contribution in [0.4, 0.5) is 11.4 Å². The van der Waals surface area contributed by atoms with Crippen molar-refractivity contribution in [3.8, 4) is 0 Å². The zero-order valence-electron chi connectivity index (χ0n) is 15.8. The number of primary amides is 1. The summed E-state index contributed by atoms with van der Waals surface area (Å²) in [5.41, 5.74) is 8.09. The Morgan fingerprint density at radius 1 is 1.38 bits per heavy atom. The van der Waals surface area contributed by atoms with Crippen LogP contribution in [-0.2, 0) is 4.79 Å². The van der Waals surface area contributed by atoms with Crippen molar-refractivity contribution in [1.82, 2.24) is 9.61 Å². The van der Waals surface area contributed by atoms with Crippen LogP contribution in [0.15, 0.2) is 18.5 Å². The van der Waals surface area contributed by atoms with Crippen molar-refractivity contribution in [3.05, 3.63) is 24.0 Å². The first-order valence-electron chi connectivity index (χ1n) is 9.11. The van der Waals surface area contributed by atoms with Crippen LogP contribution >= 0.6 is 0 Å². The van der Waals surface area contributed by atoms with Crippen LogP contribution in [0.2, 0.25) is 0 Å². The van der Waals surface area contributed by atoms with E-state index in [1.54, 1.807) is 17.6 Å². The summed E-state index contributed by atoms with van der Waals surface area (Å²) in [7, 11) is 0. The van der Waals surface area contributed by atoms with Gasteiger partial charge < -0.3 is 16.4 Å². The Morgan fingerprint density at radius 2 is 2.12 bits per heavy atom. The number of anilines is 2. The van der Waals surface area contributed by atoms with Gasteiger partial charge in [0.2, 0.25) is 5.91 Å². The fraction of sp³-hybridized carbons (Fsp3) is 0.526. The van der Waals surface area contributed by atoms with Gasteiger partial charge in [-0.2, -0.15) is 5.10 Å². The van der Waals surface area contributed by atoms with Gasteiger partial charge in [-0.25, -0.2) is 4.52 Å². The molecule has 1 aliphatic rings. The largest absolute Gasteiger partial charge is 0.379 e. The summed E-state index contributed by atoms with van der Waals surface area (Å²) in [6.07, 6.45) is 5.78. The molecule has 0 aliphatic heterocycles. The van der Waals surface area contributed by atoms with E-state index in [2.05, 4.69) is 36.5 Å². The van der Waals surface area contributed by atoms with Crippen LogP contribution < -0.4 is 16.4 Å². The van der Waals surface area contributed by atoms with E-state index in [4.69, 9.17) is 5.73 Å². The van der Waals surface area contributed by atoms with Crippen LogP contribution in [-0.4, -0.2) is 27.5 Å². The van der Waals surface area contributed by atoms with E-state index in [9.17, 15) is 9.59 Å². The maximum atomic E-state index is 12.0. The van der Waals surface area contributed by atoms with Crippen LogP contribution in [0, 0.1) is 11.3 Å². The average molecular weight is 357 g/mol. The highest BCUT2D eigenvalue weighted by molar-refractivity contribution is 6.02. The third-order valence-corrected chi connectivity index (χ3v) is 5.88. The smallest absolute Gasteiger partial charge is 0.252 e. The summed E-state index contributed by atoms with van der Waals surface area (Å²) >= 11 is 0. The Kier molecular flexibility index (Phi) is 4.64. The van der Waals surface area contributed by atoms with Gasteiger partial charge in [-0.1, -0.05) is 27.7 Å². The zero-order chi connectivity index (χ0) is 19.1. The van der Waals surface area contributed by atoms with Gasteiger partial charge in [0, 0.05) is 12.5 Å². The van der Waals surface area contributed by atoms with Gasteiger partial charge in [0.1, 0.15) is 0 Å². The quantitative estimate of drug-likeness (QED) is 0.765. The van der Waals surface area contributed by atoms with E-state index >= 15 is 0 Å². The molecule has 26 heavy (non-hydrogen) atoms. The SMILES string of the molecule is CCC(=O)Nc1cc2c(N[C@@H]3CC[C@H](C)C3(C)C)c(C(N)=O)cnn2c1. The predicted octanol–water partition coefficient (Wildman–Crippen LogP) is 3.02. The van der Waals surface area contributed by atoms with E-state index in [1.165, 1.54) is 6.20 Å². The van der Waals surface area contributed by atoms with Gasteiger partial charge in [-0.15, -0.1) is 0 Å². The van der Waals surface area contributed by atoms with E-state index in [-0.39, 0.29) is 17.4 Å². The van der Waals surface area contributed by atoms with Crippen LogP contribution in [0.25, 0.3) is 5.52 Å². The van der Waals surface area contributed by atoms with E-state index < -0.39 is 5.91 Å². The summed E-state index contributed by atoms with van der Waals surface area (Å²) in [4.78, 5) is 23.6. The summed E-state index contributed by atoms with van der Waals surface area (Å²) < 4.78 is 1.66. The van der Waals surface area contributed by atoms with Crippen molar-refractivity contribution in [2.75, 3.05) is 10.6 Å². The molecular weight excluding hydrogens is 330 g/mol. The molecule has 2 atom stereocenters. The minimum atomic E-state index is -0.522. The number of nitrogens with zero attached hydrogens (tertiary/aromatic N) is 2. The molecule has 7 nitrogen and oxygen atoms in total. The molecule has 0 saturated heterocycles. The zero-order valence-corrected chi connectivity index (χ0v) is 15.8. The number of hydrogen-bond acceptors (Lipinski definition) is 4. The molecule has 2 aromatic rings. The summed E-state index contributed by atoms with van der Waals surface area (Å²) in [6, 6.07) is 2.05. The number of carbonyl (C=O) groups is 2. The number of hydrogen-bond donors (Lipinski definition) is 3. The Balaban J connectivity index is 2.04. The summed E-state index contributed by atoms with van der Waals surface area (Å²) in [6.45, 7) is 8.55. The van der Waals surface area contributed by atoms with Crippen LogP contribution in [0.1, 0.15) is 57.3 Å². The fourth-order valence-electron chi connectivity index (χ4n) is 3.65. The molecule has 1 aliphatic carbocycles. The first-order chi connectivity index (χ1) is 12.2. The average Bonchev–Trinajstić information content (AvgIpc) is 3.09. The van der Waals surface area contributed by atoms with E-state index in [0.717, 1.165) is 18.4 Å². The van der Waals surface area contributed by atoms with Crippen LogP contribution in [0.5, 0.6) is 0 Å². The highest BCUT2D eigenvalue weighted by atomic mass is 16.1. The molecule has 0 spiro atoms. The maximum absolute atomic E-state index is 12.0. The molecule has 2 aromatic heterocycles. The lowest BCUT2D eigenvalue weighted by Crippen LogP contribution is -2.35. The topological polar surface area (TPSA) is 102 Å². The molecule has 2 amide bonds. The molecular formula is C19H27N5O2. The van der Waals surface area contributed by atoms with Gasteiger partial charge in [-0.05, 0) is 30.2 Å². The molecule has 3 rings (SSSR count). The van der Waals surface area contributed by atoms with Gasteiger partial charge in [-0.3, -0.25) is 9.59 Å². The molecule has 0 aromatic carbocycles. The number of nitrogens with two attached hydrogens (primary N) is 1. The van der Waals surface area contributed by atoms with Crippen molar-refractivity contribution in [3.63, 3.8) is 0 Å². The summed E-state index contributed by atoms with van der Waals surface area (Å²) in [5.74, 6) is -0.0101. The van der Waals surface area contributed by atoms with E-state index in [1.807, 2.05) is 6.07 Å². The van der Waals surface area contributed by atoms with Crippen molar-refractivity contribution >= 4 is 28.7 Å². The lowest BCUT2D eigenvalue weighted by molar-refractivity contribution is -0.115. The monoisotopic (exact) mass is 357 g/mol. The van der Waals surface area contributed by atoms with Crippen molar-refractivity contribution in [2.24, 2.45) is 17.1 Å². The molecule has 1 saturated carbocycles. The Labute approximate surface area is 153 Å². The second kappa shape index (κ2) is 6.63. The molecule has 7 heteroatoms. The van der Waals surface area contributed by atoms with Crippen molar-refractivity contribution in [1.29, 1.82) is 0 Å².